The molecular weight excluding hydrogens is 368 g/mol. The number of hydrogen-bond donors (Lipinski definition) is 2. The van der Waals surface area contributed by atoms with Crippen LogP contribution < -0.4 is 20.1 Å². The summed E-state index contributed by atoms with van der Waals surface area (Å²) in [5, 5.41) is 6.09. The van der Waals surface area contributed by atoms with Crippen LogP contribution in [0.3, 0.4) is 0 Å². The molecule has 150 valence electrons. The lowest BCUT2D eigenvalue weighted by Crippen LogP contribution is -2.29. The van der Waals surface area contributed by atoms with E-state index in [1.807, 2.05) is 49.4 Å². The van der Waals surface area contributed by atoms with Crippen LogP contribution >= 0.6 is 0 Å². The highest BCUT2D eigenvalue weighted by molar-refractivity contribution is 5.98. The molecule has 3 rings (SSSR count). The average molecular weight is 392 g/mol. The van der Waals surface area contributed by atoms with Gasteiger partial charge in [-0.3, -0.25) is 9.78 Å². The molecule has 2 aromatic heterocycles. The molecule has 29 heavy (non-hydrogen) atoms. The molecule has 3 aromatic rings. The summed E-state index contributed by atoms with van der Waals surface area (Å²) in [4.78, 5) is 21.2. The number of aryl methyl sites for hydroxylation is 1. The molecule has 7 nitrogen and oxygen atoms in total. The van der Waals surface area contributed by atoms with Crippen molar-refractivity contribution in [2.45, 2.75) is 13.5 Å². The Balaban J connectivity index is 1.54. The molecule has 0 bridgehead atoms. The quantitative estimate of drug-likeness (QED) is 0.544. The smallest absolute Gasteiger partial charge is 0.255 e. The molecule has 0 aliphatic rings. The lowest BCUT2D eigenvalue weighted by Gasteiger charge is -2.13. The molecule has 0 saturated carbocycles. The SMILES string of the molecule is COc1ccc(OCCNC(=O)c2ccc(C)nc2NCc2cccnc2)cc1. The van der Waals surface area contributed by atoms with E-state index in [9.17, 15) is 4.79 Å². The van der Waals surface area contributed by atoms with E-state index in [2.05, 4.69) is 20.6 Å². The molecule has 2 N–H and O–H groups in total. The van der Waals surface area contributed by atoms with E-state index in [1.165, 1.54) is 0 Å². The lowest BCUT2D eigenvalue weighted by atomic mass is 10.2. The van der Waals surface area contributed by atoms with Crippen LogP contribution in [-0.4, -0.2) is 36.1 Å². The van der Waals surface area contributed by atoms with Gasteiger partial charge in [0.05, 0.1) is 19.2 Å². The van der Waals surface area contributed by atoms with Gasteiger partial charge in [-0.2, -0.15) is 0 Å². The van der Waals surface area contributed by atoms with Gasteiger partial charge in [0.2, 0.25) is 0 Å². The number of nitrogens with one attached hydrogen (secondary N) is 2. The topological polar surface area (TPSA) is 85.4 Å². The van der Waals surface area contributed by atoms with Gasteiger partial charge in [0.25, 0.3) is 5.91 Å². The third-order valence-electron chi connectivity index (χ3n) is 4.18. The summed E-state index contributed by atoms with van der Waals surface area (Å²) in [5.41, 5.74) is 2.33. The van der Waals surface area contributed by atoms with Crippen LogP contribution in [0.4, 0.5) is 5.82 Å². The van der Waals surface area contributed by atoms with Crippen molar-refractivity contribution in [3.63, 3.8) is 0 Å². The lowest BCUT2D eigenvalue weighted by molar-refractivity contribution is 0.0947. The van der Waals surface area contributed by atoms with E-state index in [0.717, 1.165) is 22.8 Å². The highest BCUT2D eigenvalue weighted by Gasteiger charge is 2.13. The molecule has 0 aliphatic carbocycles. The Morgan fingerprint density at radius 1 is 1.07 bits per heavy atom. The largest absolute Gasteiger partial charge is 0.497 e. The Labute approximate surface area is 170 Å². The second-order valence-corrected chi connectivity index (χ2v) is 6.34. The van der Waals surface area contributed by atoms with Crippen molar-refractivity contribution in [2.24, 2.45) is 0 Å². The summed E-state index contributed by atoms with van der Waals surface area (Å²) in [6.07, 6.45) is 3.50. The van der Waals surface area contributed by atoms with Crippen LogP contribution in [0, 0.1) is 6.92 Å². The Morgan fingerprint density at radius 3 is 2.59 bits per heavy atom. The van der Waals surface area contributed by atoms with Crippen molar-refractivity contribution < 1.29 is 14.3 Å². The van der Waals surface area contributed by atoms with Gasteiger partial charge in [-0.1, -0.05) is 6.07 Å². The van der Waals surface area contributed by atoms with Gasteiger partial charge < -0.3 is 20.1 Å². The van der Waals surface area contributed by atoms with Crippen LogP contribution in [0.5, 0.6) is 11.5 Å². The van der Waals surface area contributed by atoms with Crippen LogP contribution in [-0.2, 0) is 6.54 Å². The maximum atomic E-state index is 12.6. The van der Waals surface area contributed by atoms with Crippen LogP contribution in [0.25, 0.3) is 0 Å². The minimum atomic E-state index is -0.204. The zero-order valence-electron chi connectivity index (χ0n) is 16.5. The van der Waals surface area contributed by atoms with Crippen molar-refractivity contribution in [2.75, 3.05) is 25.6 Å². The second-order valence-electron chi connectivity index (χ2n) is 6.34. The number of pyridine rings is 2. The maximum absolute atomic E-state index is 12.6. The van der Waals surface area contributed by atoms with Crippen molar-refractivity contribution in [3.8, 4) is 11.5 Å². The number of rotatable bonds is 9. The van der Waals surface area contributed by atoms with E-state index >= 15 is 0 Å². The molecule has 0 saturated heterocycles. The van der Waals surface area contributed by atoms with Crippen molar-refractivity contribution in [1.82, 2.24) is 15.3 Å². The Morgan fingerprint density at radius 2 is 1.86 bits per heavy atom. The fraction of sp³-hybridized carbons (Fsp3) is 0.227. The number of amides is 1. The number of hydrogen-bond acceptors (Lipinski definition) is 6. The number of benzene rings is 1. The van der Waals surface area contributed by atoms with Gasteiger partial charge in [-0.05, 0) is 55.0 Å². The van der Waals surface area contributed by atoms with E-state index in [0.29, 0.717) is 31.1 Å². The first kappa shape index (κ1) is 20.1. The predicted octanol–water partition coefficient (Wildman–Crippen LogP) is 3.21. The van der Waals surface area contributed by atoms with E-state index in [4.69, 9.17) is 9.47 Å². The van der Waals surface area contributed by atoms with Crippen molar-refractivity contribution >= 4 is 11.7 Å². The monoisotopic (exact) mass is 392 g/mol. The van der Waals surface area contributed by atoms with Crippen LogP contribution in [0.1, 0.15) is 21.6 Å². The number of ether oxygens (including phenoxy) is 2. The third kappa shape index (κ3) is 5.93. The highest BCUT2D eigenvalue weighted by Crippen LogP contribution is 2.17. The minimum Gasteiger partial charge on any atom is -0.497 e. The second kappa shape index (κ2) is 10.1. The summed E-state index contributed by atoms with van der Waals surface area (Å²) >= 11 is 0. The first-order chi connectivity index (χ1) is 14.2. The van der Waals surface area contributed by atoms with Crippen LogP contribution in [0.2, 0.25) is 0 Å². The Kier molecular flexibility index (Phi) is 7.00. The zero-order valence-corrected chi connectivity index (χ0v) is 16.5. The number of nitrogens with zero attached hydrogens (tertiary/aromatic N) is 2. The van der Waals surface area contributed by atoms with E-state index < -0.39 is 0 Å². The third-order valence-corrected chi connectivity index (χ3v) is 4.18. The molecule has 0 radical (unpaired) electrons. The van der Waals surface area contributed by atoms with Gasteiger partial charge in [0.15, 0.2) is 0 Å². The Bertz CT molecular complexity index is 931. The molecule has 1 amide bonds. The van der Waals surface area contributed by atoms with Gasteiger partial charge in [0, 0.05) is 24.6 Å². The summed E-state index contributed by atoms with van der Waals surface area (Å²) in [5.74, 6) is 1.83. The first-order valence-electron chi connectivity index (χ1n) is 9.31. The molecule has 1 aromatic carbocycles. The van der Waals surface area contributed by atoms with Crippen molar-refractivity contribution in [1.29, 1.82) is 0 Å². The summed E-state index contributed by atoms with van der Waals surface area (Å²) in [7, 11) is 1.62. The molecule has 0 aliphatic heterocycles. The number of methoxy groups -OCH3 is 1. The zero-order chi connectivity index (χ0) is 20.5. The summed E-state index contributed by atoms with van der Waals surface area (Å²) in [6, 6.07) is 14.7. The number of aromatic nitrogens is 2. The molecule has 0 fully saturated rings. The van der Waals surface area contributed by atoms with E-state index in [-0.39, 0.29) is 5.91 Å². The summed E-state index contributed by atoms with van der Waals surface area (Å²) in [6.45, 7) is 3.15. The summed E-state index contributed by atoms with van der Waals surface area (Å²) < 4.78 is 10.8. The van der Waals surface area contributed by atoms with E-state index in [1.54, 1.807) is 25.6 Å². The highest BCUT2D eigenvalue weighted by atomic mass is 16.5. The van der Waals surface area contributed by atoms with Crippen molar-refractivity contribution in [3.05, 3.63) is 77.7 Å². The molecule has 0 atom stereocenters. The van der Waals surface area contributed by atoms with Gasteiger partial charge >= 0.3 is 0 Å². The van der Waals surface area contributed by atoms with Gasteiger partial charge in [-0.15, -0.1) is 0 Å². The number of carbonyl (C=O) groups excluding carboxylic acids is 1. The Hall–Kier alpha value is -3.61. The van der Waals surface area contributed by atoms with Gasteiger partial charge in [0.1, 0.15) is 23.9 Å². The molecule has 0 unspecified atom stereocenters. The molecular formula is C22H24N4O3. The maximum Gasteiger partial charge on any atom is 0.255 e. The average Bonchev–Trinajstić information content (AvgIpc) is 2.76. The molecule has 2 heterocycles. The fourth-order valence-corrected chi connectivity index (χ4v) is 2.66. The normalized spacial score (nSPS) is 10.3. The number of carbonyl (C=O) groups is 1. The van der Waals surface area contributed by atoms with Crippen LogP contribution in [0.15, 0.2) is 60.9 Å². The number of anilines is 1. The van der Waals surface area contributed by atoms with Gasteiger partial charge in [-0.25, -0.2) is 4.98 Å². The minimum absolute atomic E-state index is 0.204. The standard InChI is InChI=1S/C22H24N4O3/c1-16-5-10-20(21(26-16)25-15-17-4-3-11-23-14-17)22(27)24-12-13-29-19-8-6-18(28-2)7-9-19/h3-11,14H,12-13,15H2,1-2H3,(H,24,27)(H,25,26). The first-order valence-corrected chi connectivity index (χ1v) is 9.31. The predicted molar refractivity (Wildman–Crippen MR) is 111 cm³/mol. The molecule has 7 heteroatoms. The fourth-order valence-electron chi connectivity index (χ4n) is 2.66. The molecule has 0 spiro atoms.